The minimum atomic E-state index is -1.08. The number of hydrogen-bond acceptors (Lipinski definition) is 4. The molecule has 1 aliphatic rings. The van der Waals surface area contributed by atoms with Crippen molar-refractivity contribution in [2.75, 3.05) is 0 Å². The van der Waals surface area contributed by atoms with Crippen LogP contribution in [0.5, 0.6) is 0 Å². The lowest BCUT2D eigenvalue weighted by molar-refractivity contribution is -0.154. The van der Waals surface area contributed by atoms with Crippen molar-refractivity contribution in [2.45, 2.75) is 45.9 Å². The predicted octanol–water partition coefficient (Wildman–Crippen LogP) is 1.13. The average molecular weight is 199 g/mol. The van der Waals surface area contributed by atoms with Crippen LogP contribution in [-0.4, -0.2) is 28.6 Å². The summed E-state index contributed by atoms with van der Waals surface area (Å²) in [6, 6.07) is 0. The zero-order valence-electron chi connectivity index (χ0n) is 9.07. The molecule has 1 heterocycles. The van der Waals surface area contributed by atoms with E-state index in [1.807, 2.05) is 13.8 Å². The number of ether oxygens (including phenoxy) is 1. The number of carbonyl (C=O) groups is 1. The van der Waals surface area contributed by atoms with Crippen molar-refractivity contribution in [1.29, 1.82) is 0 Å². The maximum absolute atomic E-state index is 11.4. The van der Waals surface area contributed by atoms with E-state index >= 15 is 0 Å². The van der Waals surface area contributed by atoms with Crippen molar-refractivity contribution in [3.05, 3.63) is 0 Å². The summed E-state index contributed by atoms with van der Waals surface area (Å²) in [4.78, 5) is 15.5. The van der Waals surface area contributed by atoms with Gasteiger partial charge in [0.05, 0.1) is 0 Å². The summed E-state index contributed by atoms with van der Waals surface area (Å²) in [5, 5.41) is 9.40. The Balaban J connectivity index is 2.82. The van der Waals surface area contributed by atoms with Crippen molar-refractivity contribution in [2.24, 2.45) is 10.9 Å². The van der Waals surface area contributed by atoms with E-state index in [9.17, 15) is 9.90 Å². The second kappa shape index (κ2) is 3.69. The molecule has 0 saturated carbocycles. The van der Waals surface area contributed by atoms with Crippen LogP contribution in [0.25, 0.3) is 0 Å². The summed E-state index contributed by atoms with van der Waals surface area (Å²) in [6.45, 7) is 7.19. The molecule has 1 rings (SSSR count). The number of nitrogens with zero attached hydrogens (tertiary/aromatic N) is 1. The Morgan fingerprint density at radius 3 is 2.43 bits per heavy atom. The van der Waals surface area contributed by atoms with Crippen molar-refractivity contribution < 1.29 is 14.6 Å². The Hall–Kier alpha value is -0.900. The molecule has 80 valence electrons. The molecule has 0 unspecified atom stereocenters. The van der Waals surface area contributed by atoms with E-state index in [-0.39, 0.29) is 0 Å². The molecule has 0 radical (unpaired) electrons. The summed E-state index contributed by atoms with van der Waals surface area (Å²) in [7, 11) is 0. The molecule has 14 heavy (non-hydrogen) atoms. The van der Waals surface area contributed by atoms with Crippen molar-refractivity contribution in [3.63, 3.8) is 0 Å². The van der Waals surface area contributed by atoms with Crippen LogP contribution in [0, 0.1) is 5.92 Å². The van der Waals surface area contributed by atoms with Gasteiger partial charge in [-0.1, -0.05) is 13.8 Å². The zero-order valence-corrected chi connectivity index (χ0v) is 9.07. The van der Waals surface area contributed by atoms with E-state index in [0.717, 1.165) is 0 Å². The van der Waals surface area contributed by atoms with Crippen LogP contribution < -0.4 is 0 Å². The highest BCUT2D eigenvalue weighted by molar-refractivity contribution is 6.37. The monoisotopic (exact) mass is 199 g/mol. The third-order valence-electron chi connectivity index (χ3n) is 2.27. The molecule has 0 aromatic rings. The maximum Gasteiger partial charge on any atom is 0.354 e. The zero-order chi connectivity index (χ0) is 10.9. The van der Waals surface area contributed by atoms with Gasteiger partial charge in [0.15, 0.2) is 0 Å². The molecule has 1 aliphatic heterocycles. The van der Waals surface area contributed by atoms with Crippen LogP contribution in [0.4, 0.5) is 0 Å². The minimum absolute atomic E-state index is 0.359. The number of aliphatic hydroxyl groups excluding tert-OH is 1. The number of aliphatic hydroxyl groups is 1. The largest absolute Gasteiger partial charge is 0.430 e. The highest BCUT2D eigenvalue weighted by Gasteiger charge is 2.41. The molecule has 0 fully saturated rings. The van der Waals surface area contributed by atoms with Crippen molar-refractivity contribution >= 4 is 11.7 Å². The van der Waals surface area contributed by atoms with Crippen LogP contribution >= 0.6 is 0 Å². The molecular formula is C10H17NO3. The lowest BCUT2D eigenvalue weighted by Crippen LogP contribution is -2.36. The first kappa shape index (κ1) is 11.2. The van der Waals surface area contributed by atoms with Crippen LogP contribution in [0.15, 0.2) is 4.99 Å². The molecule has 0 aromatic heterocycles. The molecule has 4 heteroatoms. The van der Waals surface area contributed by atoms with Gasteiger partial charge < -0.3 is 9.84 Å². The number of esters is 1. The van der Waals surface area contributed by atoms with Gasteiger partial charge in [-0.25, -0.2) is 9.79 Å². The number of hydrogen-bond donors (Lipinski definition) is 1. The highest BCUT2D eigenvalue weighted by atomic mass is 16.6. The Morgan fingerprint density at radius 1 is 1.50 bits per heavy atom. The summed E-state index contributed by atoms with van der Waals surface area (Å²) in [5.41, 5.74) is -0.648. The van der Waals surface area contributed by atoms with Gasteiger partial charge in [0.1, 0.15) is 11.8 Å². The number of cyclic esters (lactones) is 1. The highest BCUT2D eigenvalue weighted by Crippen LogP contribution is 2.25. The van der Waals surface area contributed by atoms with E-state index in [1.54, 1.807) is 13.8 Å². The van der Waals surface area contributed by atoms with Gasteiger partial charge in [0.25, 0.3) is 0 Å². The molecule has 0 spiro atoms. The van der Waals surface area contributed by atoms with Gasteiger partial charge in [0.2, 0.25) is 5.72 Å². The Kier molecular flexibility index (Phi) is 2.95. The Morgan fingerprint density at radius 2 is 2.07 bits per heavy atom. The van der Waals surface area contributed by atoms with E-state index < -0.39 is 17.8 Å². The van der Waals surface area contributed by atoms with Gasteiger partial charge >= 0.3 is 5.97 Å². The summed E-state index contributed by atoms with van der Waals surface area (Å²) in [6.07, 6.45) is -0.183. The van der Waals surface area contributed by atoms with Crippen molar-refractivity contribution in [3.8, 4) is 0 Å². The molecule has 4 nitrogen and oxygen atoms in total. The van der Waals surface area contributed by atoms with Crippen molar-refractivity contribution in [1.82, 2.24) is 0 Å². The molecule has 0 aliphatic carbocycles. The van der Waals surface area contributed by atoms with Gasteiger partial charge in [-0.15, -0.1) is 0 Å². The smallest absolute Gasteiger partial charge is 0.354 e. The lowest BCUT2D eigenvalue weighted by Gasteiger charge is -2.22. The molecule has 1 N–H and O–H groups in total. The van der Waals surface area contributed by atoms with Crippen LogP contribution in [0.3, 0.4) is 0 Å². The SMILES string of the molecule is CC(C)CC1=N[C@](C)([C@H](C)O)OC1=O. The van der Waals surface area contributed by atoms with Crippen LogP contribution in [0.2, 0.25) is 0 Å². The minimum Gasteiger partial charge on any atom is -0.430 e. The number of aliphatic imine (C=N–C) groups is 1. The normalized spacial score (nSPS) is 29.0. The summed E-state index contributed by atoms with van der Waals surface area (Å²) in [5.74, 6) is -0.0419. The molecule has 2 atom stereocenters. The molecular weight excluding hydrogens is 182 g/mol. The van der Waals surface area contributed by atoms with E-state index in [1.165, 1.54) is 0 Å². The number of rotatable bonds is 3. The number of carbonyl (C=O) groups excluding carboxylic acids is 1. The summed E-state index contributed by atoms with van der Waals surface area (Å²) >= 11 is 0. The predicted molar refractivity (Wildman–Crippen MR) is 53.1 cm³/mol. The fourth-order valence-corrected chi connectivity index (χ4v) is 1.28. The topological polar surface area (TPSA) is 58.9 Å². The molecule has 0 aromatic carbocycles. The van der Waals surface area contributed by atoms with E-state index in [2.05, 4.69) is 4.99 Å². The van der Waals surface area contributed by atoms with Crippen LogP contribution in [0.1, 0.15) is 34.1 Å². The summed E-state index contributed by atoms with van der Waals surface area (Å²) < 4.78 is 5.03. The van der Waals surface area contributed by atoms with E-state index in [0.29, 0.717) is 18.1 Å². The van der Waals surface area contributed by atoms with Gasteiger partial charge in [-0.3, -0.25) is 0 Å². The first-order chi connectivity index (χ1) is 6.35. The fourth-order valence-electron chi connectivity index (χ4n) is 1.28. The lowest BCUT2D eigenvalue weighted by atomic mass is 10.1. The standard InChI is InChI=1S/C10H17NO3/c1-6(2)5-8-9(13)14-10(4,11-8)7(3)12/h6-7,12H,5H2,1-4H3/t7-,10-/m0/s1. The maximum atomic E-state index is 11.4. The second-order valence-electron chi connectivity index (χ2n) is 4.28. The Bertz CT molecular complexity index is 271. The molecule has 0 amide bonds. The van der Waals surface area contributed by atoms with E-state index in [4.69, 9.17) is 4.74 Å². The van der Waals surface area contributed by atoms with Gasteiger partial charge in [-0.2, -0.15) is 0 Å². The second-order valence-corrected chi connectivity index (χ2v) is 4.28. The molecule has 0 bridgehead atoms. The van der Waals surface area contributed by atoms with Crippen LogP contribution in [-0.2, 0) is 9.53 Å². The Labute approximate surface area is 84.0 Å². The quantitative estimate of drug-likeness (QED) is 0.693. The first-order valence-electron chi connectivity index (χ1n) is 4.85. The van der Waals surface area contributed by atoms with Gasteiger partial charge in [-0.05, 0) is 26.2 Å². The average Bonchev–Trinajstić information content (AvgIpc) is 2.27. The third-order valence-corrected chi connectivity index (χ3v) is 2.27. The van der Waals surface area contributed by atoms with Gasteiger partial charge in [0, 0.05) is 0 Å². The first-order valence-corrected chi connectivity index (χ1v) is 4.85. The third kappa shape index (κ3) is 2.12. The molecule has 0 saturated heterocycles. The fraction of sp³-hybridized carbons (Fsp3) is 0.800.